The van der Waals surface area contributed by atoms with Gasteiger partial charge in [0.1, 0.15) is 24.4 Å². The van der Waals surface area contributed by atoms with Crippen LogP contribution in [-0.4, -0.2) is 47.7 Å². The maximum absolute atomic E-state index is 6.32. The molecule has 1 unspecified atom stereocenters. The number of fused-ring (bicyclic) bond motifs is 6. The van der Waals surface area contributed by atoms with E-state index in [1.54, 1.807) is 7.11 Å². The number of methoxy groups -OCH3 is 1. The minimum atomic E-state index is -0.0559. The van der Waals surface area contributed by atoms with Gasteiger partial charge in [-0.25, -0.2) is 4.98 Å². The maximum Gasteiger partial charge on any atom is 0.229 e. The van der Waals surface area contributed by atoms with Crippen molar-refractivity contribution in [2.24, 2.45) is 0 Å². The fourth-order valence-electron chi connectivity index (χ4n) is 5.16. The molecule has 196 valence electrons. The van der Waals surface area contributed by atoms with Crippen LogP contribution in [0.4, 0.5) is 0 Å². The van der Waals surface area contributed by atoms with E-state index in [9.17, 15) is 0 Å². The molecule has 5 aromatic rings. The Morgan fingerprint density at radius 3 is 2.82 bits per heavy atom. The number of hydrogen-bond acceptors (Lipinski definition) is 8. The van der Waals surface area contributed by atoms with Crippen LogP contribution in [-0.2, 0) is 17.9 Å². The Bertz CT molecular complexity index is 1750. The second kappa shape index (κ2) is 9.32. The average Bonchev–Trinajstić information content (AvgIpc) is 3.69. The van der Waals surface area contributed by atoms with E-state index in [1.807, 2.05) is 44.4 Å². The number of imidazole rings is 1. The summed E-state index contributed by atoms with van der Waals surface area (Å²) in [6, 6.07) is 14.2. The summed E-state index contributed by atoms with van der Waals surface area (Å²) >= 11 is 0. The van der Waals surface area contributed by atoms with Crippen LogP contribution >= 0.6 is 0 Å². The molecule has 0 saturated carbocycles. The first-order valence-electron chi connectivity index (χ1n) is 13.0. The van der Waals surface area contributed by atoms with Crippen molar-refractivity contribution < 1.29 is 14.0 Å². The standard InChI is InChI=1S/C29H27N7O3/c1-17(2)29-31-27(34-39-29)26-23-14-35-25(15-38-24-10-6-8-18-7-4-5-9-20(18)24)32-33-28(35)21-13-19(37-3)11-12-22(21)36(23)16-30-26/h4-10,12-13,16-17,19H,11,14-15H2,1-3H3. The van der Waals surface area contributed by atoms with E-state index in [4.69, 9.17) is 19.0 Å². The Labute approximate surface area is 224 Å². The Morgan fingerprint density at radius 2 is 1.97 bits per heavy atom. The molecule has 1 aliphatic heterocycles. The predicted octanol–water partition coefficient (Wildman–Crippen LogP) is 5.09. The number of nitrogens with zero attached hydrogens (tertiary/aromatic N) is 7. The second-order valence-electron chi connectivity index (χ2n) is 9.99. The number of benzene rings is 2. The third kappa shape index (κ3) is 3.95. The van der Waals surface area contributed by atoms with Crippen molar-refractivity contribution in [1.82, 2.24) is 34.5 Å². The second-order valence-corrected chi connectivity index (χ2v) is 9.99. The molecule has 0 spiro atoms. The first-order chi connectivity index (χ1) is 19.1. The number of aromatic nitrogens is 7. The highest BCUT2D eigenvalue weighted by Crippen LogP contribution is 2.38. The van der Waals surface area contributed by atoms with Crippen molar-refractivity contribution in [3.8, 4) is 17.3 Å². The van der Waals surface area contributed by atoms with Crippen LogP contribution < -0.4 is 4.74 Å². The van der Waals surface area contributed by atoms with Gasteiger partial charge in [0.25, 0.3) is 0 Å². The van der Waals surface area contributed by atoms with Gasteiger partial charge in [-0.05, 0) is 23.9 Å². The summed E-state index contributed by atoms with van der Waals surface area (Å²) in [5.74, 6) is 3.43. The largest absolute Gasteiger partial charge is 0.485 e. The molecule has 1 aliphatic carbocycles. The SMILES string of the molecule is COC1C=C2C(=CC1)n1cnc(-c3noc(C(C)C)n3)c1Cn1c(COc3cccc4ccccc34)nnc12. The summed E-state index contributed by atoms with van der Waals surface area (Å²) in [5, 5.41) is 15.6. The van der Waals surface area contributed by atoms with Gasteiger partial charge in [-0.15, -0.1) is 10.2 Å². The zero-order valence-corrected chi connectivity index (χ0v) is 21.9. The lowest BCUT2D eigenvalue weighted by molar-refractivity contribution is 0.143. The number of rotatable bonds is 6. The highest BCUT2D eigenvalue weighted by Gasteiger charge is 2.32. The Balaban J connectivity index is 1.31. The minimum absolute atomic E-state index is 0.0559. The summed E-state index contributed by atoms with van der Waals surface area (Å²) in [6.07, 6.45) is 6.76. The monoisotopic (exact) mass is 521 g/mol. The van der Waals surface area contributed by atoms with E-state index in [0.29, 0.717) is 29.8 Å². The maximum atomic E-state index is 6.32. The molecule has 0 amide bonds. The van der Waals surface area contributed by atoms with Crippen molar-refractivity contribution in [2.45, 2.75) is 45.4 Å². The van der Waals surface area contributed by atoms with E-state index in [-0.39, 0.29) is 18.6 Å². The van der Waals surface area contributed by atoms with Gasteiger partial charge in [-0.3, -0.25) is 0 Å². The topological polar surface area (TPSA) is 106 Å². The quantitative estimate of drug-likeness (QED) is 0.304. The smallest absolute Gasteiger partial charge is 0.229 e. The Hall–Kier alpha value is -4.57. The number of allylic oxidation sites excluding steroid dienone is 2. The van der Waals surface area contributed by atoms with Gasteiger partial charge in [0.05, 0.1) is 24.0 Å². The van der Waals surface area contributed by atoms with Crippen molar-refractivity contribution in [2.75, 3.05) is 7.11 Å². The molecule has 10 nitrogen and oxygen atoms in total. The minimum Gasteiger partial charge on any atom is -0.485 e. The molecule has 10 heteroatoms. The van der Waals surface area contributed by atoms with Crippen molar-refractivity contribution >= 4 is 22.0 Å². The third-order valence-corrected chi connectivity index (χ3v) is 7.23. The molecule has 0 bridgehead atoms. The molecule has 0 N–H and O–H groups in total. The van der Waals surface area contributed by atoms with Crippen LogP contribution in [0, 0.1) is 0 Å². The molecule has 4 heterocycles. The van der Waals surface area contributed by atoms with Crippen LogP contribution in [0.2, 0.25) is 0 Å². The van der Waals surface area contributed by atoms with Gasteiger partial charge in [0.2, 0.25) is 11.7 Å². The van der Waals surface area contributed by atoms with Gasteiger partial charge in [0.15, 0.2) is 11.6 Å². The van der Waals surface area contributed by atoms with Gasteiger partial charge >= 0.3 is 0 Å². The van der Waals surface area contributed by atoms with Gasteiger partial charge in [-0.2, -0.15) is 4.98 Å². The first kappa shape index (κ1) is 23.5. The summed E-state index contributed by atoms with van der Waals surface area (Å²) < 4.78 is 21.7. The molecular weight excluding hydrogens is 494 g/mol. The molecule has 2 aromatic carbocycles. The zero-order valence-electron chi connectivity index (χ0n) is 21.9. The van der Waals surface area contributed by atoms with Crippen LogP contribution in [0.5, 0.6) is 5.75 Å². The van der Waals surface area contributed by atoms with Crippen LogP contribution in [0.25, 0.3) is 33.6 Å². The fourth-order valence-corrected chi connectivity index (χ4v) is 5.16. The lowest BCUT2D eigenvalue weighted by atomic mass is 10.0. The predicted molar refractivity (Wildman–Crippen MR) is 145 cm³/mol. The number of ether oxygens (including phenoxy) is 2. The molecule has 0 radical (unpaired) electrons. The van der Waals surface area contributed by atoms with Gasteiger partial charge in [-0.1, -0.05) is 61.5 Å². The molecule has 7 rings (SSSR count). The van der Waals surface area contributed by atoms with Gasteiger partial charge in [0, 0.05) is 24.0 Å². The molecule has 0 fully saturated rings. The zero-order chi connectivity index (χ0) is 26.5. The Kier molecular flexibility index (Phi) is 5.62. The van der Waals surface area contributed by atoms with Crippen LogP contribution in [0.15, 0.2) is 65.5 Å². The van der Waals surface area contributed by atoms with E-state index < -0.39 is 0 Å². The summed E-state index contributed by atoms with van der Waals surface area (Å²) in [7, 11) is 1.72. The van der Waals surface area contributed by atoms with Crippen molar-refractivity contribution in [3.05, 3.63) is 84.2 Å². The average molecular weight is 522 g/mol. The highest BCUT2D eigenvalue weighted by molar-refractivity contribution is 5.98. The fraction of sp³-hybridized carbons (Fsp3) is 0.276. The summed E-state index contributed by atoms with van der Waals surface area (Å²) in [6.45, 7) is 4.76. The van der Waals surface area contributed by atoms with Crippen LogP contribution in [0.1, 0.15) is 49.4 Å². The van der Waals surface area contributed by atoms with E-state index in [1.165, 1.54) is 0 Å². The van der Waals surface area contributed by atoms with Gasteiger partial charge < -0.3 is 23.1 Å². The lowest BCUT2D eigenvalue weighted by Gasteiger charge is -2.20. The molecule has 3 aromatic heterocycles. The Morgan fingerprint density at radius 1 is 1.10 bits per heavy atom. The van der Waals surface area contributed by atoms with Crippen molar-refractivity contribution in [1.29, 1.82) is 0 Å². The number of hydrogen-bond donors (Lipinski definition) is 0. The highest BCUT2D eigenvalue weighted by atomic mass is 16.5. The van der Waals surface area contributed by atoms with E-state index in [2.05, 4.69) is 59.8 Å². The third-order valence-electron chi connectivity index (χ3n) is 7.23. The molecule has 0 saturated heterocycles. The molecular formula is C29H27N7O3. The van der Waals surface area contributed by atoms with E-state index in [0.717, 1.165) is 45.7 Å². The summed E-state index contributed by atoms with van der Waals surface area (Å²) in [5.41, 5.74) is 3.51. The molecule has 39 heavy (non-hydrogen) atoms. The van der Waals surface area contributed by atoms with E-state index >= 15 is 0 Å². The summed E-state index contributed by atoms with van der Waals surface area (Å²) in [4.78, 5) is 9.34. The van der Waals surface area contributed by atoms with Crippen LogP contribution in [0.3, 0.4) is 0 Å². The molecule has 2 aliphatic rings. The lowest BCUT2D eigenvalue weighted by Crippen LogP contribution is -2.14. The normalized spacial score (nSPS) is 16.4. The molecule has 1 atom stereocenters. The van der Waals surface area contributed by atoms with Crippen molar-refractivity contribution in [3.63, 3.8) is 0 Å². The first-order valence-corrected chi connectivity index (χ1v) is 13.0.